The minimum Gasteiger partial charge on any atom is -0.453 e. The predicted molar refractivity (Wildman–Crippen MR) is 130 cm³/mol. The summed E-state index contributed by atoms with van der Waals surface area (Å²) in [7, 11) is 0. The third-order valence-corrected chi connectivity index (χ3v) is 5.76. The Labute approximate surface area is 218 Å². The lowest BCUT2D eigenvalue weighted by Crippen LogP contribution is -1.98. The zero-order valence-corrected chi connectivity index (χ0v) is 20.4. The first kappa shape index (κ1) is 24.4. The number of hydrogen-bond acceptors (Lipinski definition) is 7. The Morgan fingerprint density at radius 2 is 1.76 bits per heavy atom. The van der Waals surface area contributed by atoms with Crippen LogP contribution in [0.4, 0.5) is 8.78 Å². The van der Waals surface area contributed by atoms with Crippen LogP contribution in [-0.2, 0) is 6.42 Å². The van der Waals surface area contributed by atoms with Crippen LogP contribution in [0, 0.1) is 29.9 Å². The van der Waals surface area contributed by atoms with Gasteiger partial charge in [0.05, 0.1) is 23.1 Å². The van der Waals surface area contributed by atoms with Crippen molar-refractivity contribution in [1.29, 1.82) is 5.26 Å². The van der Waals surface area contributed by atoms with E-state index < -0.39 is 5.82 Å². The zero-order chi connectivity index (χ0) is 26.1. The minimum atomic E-state index is -0.734. The van der Waals surface area contributed by atoms with Crippen molar-refractivity contribution >= 4 is 23.2 Å². The second kappa shape index (κ2) is 10.0. The molecule has 184 valence electrons. The summed E-state index contributed by atoms with van der Waals surface area (Å²) < 4.78 is 45.6. The van der Waals surface area contributed by atoms with Crippen LogP contribution in [0.25, 0.3) is 23.0 Å². The van der Waals surface area contributed by atoms with Gasteiger partial charge in [0.25, 0.3) is 5.89 Å². The monoisotopic (exact) mass is 538 g/mol. The van der Waals surface area contributed by atoms with Crippen LogP contribution in [0.1, 0.15) is 22.8 Å². The van der Waals surface area contributed by atoms with E-state index in [1.165, 1.54) is 54.6 Å². The maximum absolute atomic E-state index is 15.3. The molecule has 0 saturated carbocycles. The van der Waals surface area contributed by atoms with E-state index in [1.54, 1.807) is 6.92 Å². The van der Waals surface area contributed by atoms with E-state index >= 15 is 4.39 Å². The molecular formula is C26H14Cl2F2N4O3. The number of oxazole rings is 1. The van der Waals surface area contributed by atoms with Crippen molar-refractivity contribution in [1.82, 2.24) is 15.2 Å². The van der Waals surface area contributed by atoms with Crippen LogP contribution in [0.2, 0.25) is 10.0 Å². The number of aryl methyl sites for hydroxylation is 1. The molecule has 0 aliphatic carbocycles. The molecule has 0 aliphatic rings. The minimum absolute atomic E-state index is 0.0255. The Hall–Kier alpha value is -4.26. The molecular weight excluding hydrogens is 525 g/mol. The molecule has 11 heteroatoms. The third kappa shape index (κ3) is 5.16. The molecule has 0 amide bonds. The Balaban J connectivity index is 1.40. The molecule has 0 N–H and O–H groups in total. The van der Waals surface area contributed by atoms with Crippen molar-refractivity contribution in [3.63, 3.8) is 0 Å². The number of nitriles is 1. The van der Waals surface area contributed by atoms with Gasteiger partial charge in [0.15, 0.2) is 17.3 Å². The summed E-state index contributed by atoms with van der Waals surface area (Å²) in [6, 6.07) is 14.9. The van der Waals surface area contributed by atoms with E-state index in [4.69, 9.17) is 42.0 Å². The van der Waals surface area contributed by atoms with Crippen molar-refractivity contribution in [2.24, 2.45) is 0 Å². The first-order valence-electron chi connectivity index (χ1n) is 10.7. The fraction of sp³-hybridized carbons (Fsp3) is 0.0769. The highest BCUT2D eigenvalue weighted by atomic mass is 35.5. The zero-order valence-electron chi connectivity index (χ0n) is 18.9. The van der Waals surface area contributed by atoms with Crippen LogP contribution < -0.4 is 4.74 Å². The second-order valence-electron chi connectivity index (χ2n) is 7.85. The Kier molecular flexibility index (Phi) is 6.61. The summed E-state index contributed by atoms with van der Waals surface area (Å²) in [6.07, 6.45) is -0.0624. The summed E-state index contributed by atoms with van der Waals surface area (Å²) in [6.45, 7) is 1.68. The Morgan fingerprint density at radius 3 is 2.51 bits per heavy atom. The Bertz CT molecular complexity index is 1660. The van der Waals surface area contributed by atoms with Gasteiger partial charge in [-0.25, -0.2) is 13.8 Å². The topological polar surface area (TPSA) is 98.0 Å². The van der Waals surface area contributed by atoms with Gasteiger partial charge >= 0.3 is 0 Å². The molecule has 0 unspecified atom stereocenters. The van der Waals surface area contributed by atoms with E-state index in [9.17, 15) is 4.39 Å². The van der Waals surface area contributed by atoms with Crippen LogP contribution in [-0.4, -0.2) is 15.2 Å². The molecule has 0 fully saturated rings. The van der Waals surface area contributed by atoms with Gasteiger partial charge in [-0.05, 0) is 55.5 Å². The van der Waals surface area contributed by atoms with Gasteiger partial charge < -0.3 is 13.6 Å². The van der Waals surface area contributed by atoms with Crippen molar-refractivity contribution in [2.75, 3.05) is 0 Å². The number of ether oxygens (including phenoxy) is 1. The van der Waals surface area contributed by atoms with Gasteiger partial charge in [0, 0.05) is 16.1 Å². The van der Waals surface area contributed by atoms with Gasteiger partial charge in [-0.1, -0.05) is 29.3 Å². The number of benzene rings is 3. The molecule has 0 spiro atoms. The van der Waals surface area contributed by atoms with E-state index in [1.807, 2.05) is 6.07 Å². The van der Waals surface area contributed by atoms with Crippen molar-refractivity contribution in [3.05, 3.63) is 99.1 Å². The summed E-state index contributed by atoms with van der Waals surface area (Å²) in [4.78, 5) is 4.38. The maximum Gasteiger partial charge on any atom is 0.269 e. The number of rotatable bonds is 6. The summed E-state index contributed by atoms with van der Waals surface area (Å²) in [5.74, 6) is -0.319. The molecule has 7 nitrogen and oxygen atoms in total. The van der Waals surface area contributed by atoms with Crippen LogP contribution >= 0.6 is 23.2 Å². The van der Waals surface area contributed by atoms with Crippen LogP contribution in [0.5, 0.6) is 11.5 Å². The molecule has 0 aliphatic heterocycles. The summed E-state index contributed by atoms with van der Waals surface area (Å²) >= 11 is 12.2. The molecule has 2 aromatic heterocycles. The standard InChI is InChI=1S/C26H14Cl2F2N4O3/c1-13-23(32-25(35-13)15-2-5-18(29)6-3-15)26-34-33-21(37-26)10-16-4-7-20(28)24(22(16)30)36-19-9-14(12-31)8-17(27)11-19/h2-9,11H,10H2,1H3. The molecule has 0 radical (unpaired) electrons. The highest BCUT2D eigenvalue weighted by molar-refractivity contribution is 6.32. The predicted octanol–water partition coefficient (Wildman–Crippen LogP) is 7.54. The lowest BCUT2D eigenvalue weighted by molar-refractivity contribution is 0.437. The van der Waals surface area contributed by atoms with Crippen LogP contribution in [0.3, 0.4) is 0 Å². The van der Waals surface area contributed by atoms with E-state index in [-0.39, 0.29) is 62.6 Å². The fourth-order valence-electron chi connectivity index (χ4n) is 3.50. The van der Waals surface area contributed by atoms with E-state index in [0.717, 1.165) is 0 Å². The number of nitrogens with zero attached hydrogens (tertiary/aromatic N) is 4. The highest BCUT2D eigenvalue weighted by Crippen LogP contribution is 2.36. The average molecular weight is 539 g/mol. The largest absolute Gasteiger partial charge is 0.453 e. The van der Waals surface area contributed by atoms with Gasteiger partial charge in [0.2, 0.25) is 11.8 Å². The first-order chi connectivity index (χ1) is 17.8. The molecule has 5 rings (SSSR count). The second-order valence-corrected chi connectivity index (χ2v) is 8.69. The number of halogens is 4. The molecule has 37 heavy (non-hydrogen) atoms. The molecule has 3 aromatic carbocycles. The average Bonchev–Trinajstić information content (AvgIpc) is 3.50. The summed E-state index contributed by atoms with van der Waals surface area (Å²) in [5.41, 5.74) is 1.32. The number of aromatic nitrogens is 3. The van der Waals surface area contributed by atoms with E-state index in [0.29, 0.717) is 17.0 Å². The molecule has 5 aromatic rings. The quantitative estimate of drug-likeness (QED) is 0.220. The number of hydrogen-bond donors (Lipinski definition) is 0. The van der Waals surface area contributed by atoms with E-state index in [2.05, 4.69) is 15.2 Å². The van der Waals surface area contributed by atoms with Crippen molar-refractivity contribution in [2.45, 2.75) is 13.3 Å². The Morgan fingerprint density at radius 1 is 0.973 bits per heavy atom. The maximum atomic E-state index is 15.3. The normalized spacial score (nSPS) is 10.9. The molecule has 0 bridgehead atoms. The SMILES string of the molecule is Cc1oc(-c2ccc(F)cc2)nc1-c1nnc(Cc2ccc(Cl)c(Oc3cc(Cl)cc(C#N)c3)c2F)o1. The van der Waals surface area contributed by atoms with Gasteiger partial charge in [-0.2, -0.15) is 5.26 Å². The van der Waals surface area contributed by atoms with Gasteiger partial charge in [0.1, 0.15) is 17.3 Å². The molecule has 0 atom stereocenters. The lowest BCUT2D eigenvalue weighted by Gasteiger charge is -2.11. The van der Waals surface area contributed by atoms with Crippen molar-refractivity contribution < 1.29 is 22.4 Å². The highest BCUT2D eigenvalue weighted by Gasteiger charge is 2.21. The van der Waals surface area contributed by atoms with Crippen molar-refractivity contribution in [3.8, 4) is 40.6 Å². The van der Waals surface area contributed by atoms with Crippen LogP contribution in [0.15, 0.2) is 63.4 Å². The summed E-state index contributed by atoms with van der Waals surface area (Å²) in [5, 5.41) is 17.4. The smallest absolute Gasteiger partial charge is 0.269 e. The fourth-order valence-corrected chi connectivity index (χ4v) is 3.91. The molecule has 0 saturated heterocycles. The van der Waals surface area contributed by atoms with Gasteiger partial charge in [-0.15, -0.1) is 10.2 Å². The first-order valence-corrected chi connectivity index (χ1v) is 11.5. The van der Waals surface area contributed by atoms with Gasteiger partial charge in [-0.3, -0.25) is 0 Å². The third-order valence-electron chi connectivity index (χ3n) is 5.25. The molecule has 2 heterocycles. The lowest BCUT2D eigenvalue weighted by atomic mass is 10.1.